The van der Waals surface area contributed by atoms with Gasteiger partial charge in [-0.2, -0.15) is 0 Å². The lowest BCUT2D eigenvalue weighted by Crippen LogP contribution is -2.50. The number of methoxy groups -OCH3 is 1. The molecule has 6 nitrogen and oxygen atoms in total. The Morgan fingerprint density at radius 3 is 2.08 bits per heavy atom. The van der Waals surface area contributed by atoms with Gasteiger partial charge in [-0.05, 0) is 54.8 Å². The predicted molar refractivity (Wildman–Crippen MR) is 150 cm³/mol. The molecule has 0 aliphatic carbocycles. The fourth-order valence-electron chi connectivity index (χ4n) is 5.08. The van der Waals surface area contributed by atoms with Crippen LogP contribution in [0, 0.1) is 6.92 Å². The average molecular weight is 508 g/mol. The highest BCUT2D eigenvalue weighted by Crippen LogP contribution is 2.31. The first-order valence-electron chi connectivity index (χ1n) is 13.1. The van der Waals surface area contributed by atoms with E-state index in [1.165, 1.54) is 5.56 Å². The van der Waals surface area contributed by atoms with E-state index in [0.717, 1.165) is 34.8 Å². The van der Waals surface area contributed by atoms with Gasteiger partial charge in [0.15, 0.2) is 0 Å². The molecule has 0 atom stereocenters. The van der Waals surface area contributed by atoms with Gasteiger partial charge in [0.05, 0.1) is 18.4 Å². The van der Waals surface area contributed by atoms with E-state index in [0.29, 0.717) is 37.3 Å². The zero-order valence-corrected chi connectivity index (χ0v) is 22.2. The maximum Gasteiger partial charge on any atom is 0.255 e. The minimum absolute atomic E-state index is 0.0132. The normalized spacial score (nSPS) is 13.4. The molecule has 0 saturated carbocycles. The molecule has 0 N–H and O–H groups in total. The maximum atomic E-state index is 13.8. The van der Waals surface area contributed by atoms with Crippen molar-refractivity contribution < 1.29 is 14.3 Å². The lowest BCUT2D eigenvalue weighted by atomic mass is 10.1. The van der Waals surface area contributed by atoms with E-state index in [9.17, 15) is 9.59 Å². The van der Waals surface area contributed by atoms with Crippen LogP contribution in [-0.4, -0.2) is 59.5 Å². The Labute approximate surface area is 224 Å². The number of piperazine rings is 1. The Hall–Kier alpha value is -4.32. The summed E-state index contributed by atoms with van der Waals surface area (Å²) in [6.07, 6.45) is 0.945. The van der Waals surface area contributed by atoms with Crippen LogP contribution in [0.1, 0.15) is 38.9 Å². The van der Waals surface area contributed by atoms with Crippen molar-refractivity contribution in [1.29, 1.82) is 0 Å². The highest BCUT2D eigenvalue weighted by molar-refractivity contribution is 5.98. The molecule has 1 aliphatic heterocycles. The Morgan fingerprint density at radius 1 is 0.789 bits per heavy atom. The highest BCUT2D eigenvalue weighted by Gasteiger charge is 2.28. The van der Waals surface area contributed by atoms with E-state index < -0.39 is 0 Å². The van der Waals surface area contributed by atoms with E-state index >= 15 is 0 Å². The molecule has 1 fully saturated rings. The number of hydrogen-bond acceptors (Lipinski definition) is 3. The fraction of sp³-hybridized carbons (Fsp3) is 0.250. The standard InChI is InChI=1S/C32H33N3O3/c1-4-24-13-15-26(16-14-24)31(36)33-17-19-34(20-18-33)32(37)29-22-30(25-9-6-5-7-10-25)35(23(29)2)27-11-8-12-28(21-27)38-3/h5-16,21-22H,4,17-20H2,1-3H3. The van der Waals surface area contributed by atoms with Crippen molar-refractivity contribution in [1.82, 2.24) is 14.4 Å². The lowest BCUT2D eigenvalue weighted by molar-refractivity contribution is 0.0535. The van der Waals surface area contributed by atoms with E-state index in [4.69, 9.17) is 4.74 Å². The van der Waals surface area contributed by atoms with Gasteiger partial charge in [0.1, 0.15) is 5.75 Å². The summed E-state index contributed by atoms with van der Waals surface area (Å²) in [7, 11) is 1.65. The molecule has 1 aromatic heterocycles. The van der Waals surface area contributed by atoms with Crippen LogP contribution in [-0.2, 0) is 6.42 Å². The number of ether oxygens (including phenoxy) is 1. The summed E-state index contributed by atoms with van der Waals surface area (Å²) in [4.78, 5) is 30.5. The van der Waals surface area contributed by atoms with E-state index in [1.54, 1.807) is 7.11 Å². The maximum absolute atomic E-state index is 13.8. The Kier molecular flexibility index (Phi) is 7.31. The van der Waals surface area contributed by atoms with Gasteiger partial charge >= 0.3 is 0 Å². The van der Waals surface area contributed by atoms with Crippen LogP contribution >= 0.6 is 0 Å². The number of aryl methyl sites for hydroxylation is 1. The molecule has 0 bridgehead atoms. The fourth-order valence-corrected chi connectivity index (χ4v) is 5.08. The van der Waals surface area contributed by atoms with Crippen molar-refractivity contribution in [3.05, 3.63) is 107 Å². The van der Waals surface area contributed by atoms with E-state index in [2.05, 4.69) is 23.6 Å². The van der Waals surface area contributed by atoms with Crippen LogP contribution in [0.15, 0.2) is 84.9 Å². The topological polar surface area (TPSA) is 54.8 Å². The minimum atomic E-state index is -0.0132. The molecule has 2 amide bonds. The molecule has 38 heavy (non-hydrogen) atoms. The van der Waals surface area contributed by atoms with Crippen molar-refractivity contribution in [3.8, 4) is 22.7 Å². The quantitative estimate of drug-likeness (QED) is 0.340. The Morgan fingerprint density at radius 2 is 1.45 bits per heavy atom. The monoisotopic (exact) mass is 507 g/mol. The number of benzene rings is 3. The summed E-state index contributed by atoms with van der Waals surface area (Å²) in [5.74, 6) is 0.764. The number of rotatable bonds is 6. The summed E-state index contributed by atoms with van der Waals surface area (Å²) in [6.45, 7) is 6.12. The first-order valence-corrected chi connectivity index (χ1v) is 13.1. The van der Waals surface area contributed by atoms with Crippen LogP contribution in [0.2, 0.25) is 0 Å². The third-order valence-corrected chi connectivity index (χ3v) is 7.32. The Balaban J connectivity index is 1.39. The van der Waals surface area contributed by atoms with Crippen molar-refractivity contribution >= 4 is 11.8 Å². The van der Waals surface area contributed by atoms with E-state index in [-0.39, 0.29) is 11.8 Å². The van der Waals surface area contributed by atoms with Gasteiger partial charge in [-0.3, -0.25) is 9.59 Å². The third-order valence-electron chi connectivity index (χ3n) is 7.32. The molecule has 6 heteroatoms. The van der Waals surface area contributed by atoms with Gasteiger partial charge < -0.3 is 19.1 Å². The first kappa shape index (κ1) is 25.3. The molecule has 4 aromatic rings. The van der Waals surface area contributed by atoms with Crippen LogP contribution in [0.4, 0.5) is 0 Å². The van der Waals surface area contributed by atoms with Gasteiger partial charge in [-0.1, -0.05) is 55.5 Å². The number of amides is 2. The number of carbonyl (C=O) groups excluding carboxylic acids is 2. The second-order valence-corrected chi connectivity index (χ2v) is 9.57. The molecule has 3 aromatic carbocycles. The molecular weight excluding hydrogens is 474 g/mol. The molecule has 2 heterocycles. The minimum Gasteiger partial charge on any atom is -0.497 e. The number of hydrogen-bond donors (Lipinski definition) is 0. The SMILES string of the molecule is CCc1ccc(C(=O)N2CCN(C(=O)c3cc(-c4ccccc4)n(-c4cccc(OC)c4)c3C)CC2)cc1. The molecule has 5 rings (SSSR count). The van der Waals surface area contributed by atoms with Gasteiger partial charge in [-0.25, -0.2) is 0 Å². The summed E-state index contributed by atoms with van der Waals surface area (Å²) in [5.41, 5.74) is 6.36. The molecule has 1 aliphatic rings. The molecule has 194 valence electrons. The second kappa shape index (κ2) is 11.0. The van der Waals surface area contributed by atoms with E-state index in [1.807, 2.05) is 89.5 Å². The summed E-state index contributed by atoms with van der Waals surface area (Å²) in [6, 6.07) is 27.8. The lowest BCUT2D eigenvalue weighted by Gasteiger charge is -2.35. The van der Waals surface area contributed by atoms with Crippen molar-refractivity contribution in [3.63, 3.8) is 0 Å². The zero-order chi connectivity index (χ0) is 26.6. The average Bonchev–Trinajstić information content (AvgIpc) is 3.33. The molecule has 1 saturated heterocycles. The summed E-state index contributed by atoms with van der Waals surface area (Å²) < 4.78 is 7.58. The van der Waals surface area contributed by atoms with Crippen molar-refractivity contribution in [2.75, 3.05) is 33.3 Å². The summed E-state index contributed by atoms with van der Waals surface area (Å²) >= 11 is 0. The smallest absolute Gasteiger partial charge is 0.255 e. The van der Waals surface area contributed by atoms with Crippen LogP contribution in [0.3, 0.4) is 0 Å². The second-order valence-electron chi connectivity index (χ2n) is 9.57. The van der Waals surface area contributed by atoms with Crippen molar-refractivity contribution in [2.45, 2.75) is 20.3 Å². The van der Waals surface area contributed by atoms with Gasteiger partial charge in [0.2, 0.25) is 0 Å². The molecule has 0 radical (unpaired) electrons. The number of carbonyl (C=O) groups is 2. The molecule has 0 unspecified atom stereocenters. The first-order chi connectivity index (χ1) is 18.5. The molecule has 0 spiro atoms. The third kappa shape index (κ3) is 4.94. The highest BCUT2D eigenvalue weighted by atomic mass is 16.5. The zero-order valence-electron chi connectivity index (χ0n) is 22.2. The molecular formula is C32H33N3O3. The van der Waals surface area contributed by atoms with Crippen LogP contribution < -0.4 is 4.74 Å². The number of aromatic nitrogens is 1. The van der Waals surface area contributed by atoms with Crippen LogP contribution in [0.5, 0.6) is 5.75 Å². The van der Waals surface area contributed by atoms with Gasteiger partial charge in [0, 0.05) is 49.2 Å². The van der Waals surface area contributed by atoms with Gasteiger partial charge in [-0.15, -0.1) is 0 Å². The van der Waals surface area contributed by atoms with Gasteiger partial charge in [0.25, 0.3) is 11.8 Å². The summed E-state index contributed by atoms with van der Waals surface area (Å²) in [5, 5.41) is 0. The Bertz CT molecular complexity index is 1430. The predicted octanol–water partition coefficient (Wildman–Crippen LogP) is 5.62. The largest absolute Gasteiger partial charge is 0.497 e. The number of nitrogens with zero attached hydrogens (tertiary/aromatic N) is 3. The van der Waals surface area contributed by atoms with Crippen LogP contribution in [0.25, 0.3) is 16.9 Å². The van der Waals surface area contributed by atoms with Crippen molar-refractivity contribution in [2.24, 2.45) is 0 Å².